The first-order valence-corrected chi connectivity index (χ1v) is 13.6. The van der Waals surface area contributed by atoms with E-state index >= 15 is 0 Å². The van der Waals surface area contributed by atoms with Crippen molar-refractivity contribution in [3.05, 3.63) is 89.5 Å². The molecule has 2 aliphatic rings. The van der Waals surface area contributed by atoms with Crippen LogP contribution < -0.4 is 9.47 Å². The summed E-state index contributed by atoms with van der Waals surface area (Å²) in [5, 5.41) is 0. The Morgan fingerprint density at radius 1 is 0.927 bits per heavy atom. The predicted molar refractivity (Wildman–Crippen MR) is 154 cm³/mol. The number of ether oxygens (including phenoxy) is 4. The van der Waals surface area contributed by atoms with Gasteiger partial charge < -0.3 is 23.8 Å². The number of hydrogen-bond acceptors (Lipinski definition) is 7. The number of rotatable bonds is 5. The number of benzene rings is 3. The highest BCUT2D eigenvalue weighted by molar-refractivity contribution is 5.91. The van der Waals surface area contributed by atoms with Crippen LogP contribution in [0.3, 0.4) is 0 Å². The molecule has 0 saturated carbocycles. The molecule has 8 nitrogen and oxygen atoms in total. The Morgan fingerprint density at radius 2 is 1.61 bits per heavy atom. The molecule has 8 heteroatoms. The van der Waals surface area contributed by atoms with E-state index in [-0.39, 0.29) is 31.7 Å². The number of fused-ring (bicyclic) bond motifs is 7. The Bertz CT molecular complexity index is 1360. The normalized spacial score (nSPS) is 17.1. The molecule has 41 heavy (non-hydrogen) atoms. The summed E-state index contributed by atoms with van der Waals surface area (Å²) in [6.45, 7) is 5.41. The zero-order valence-corrected chi connectivity index (χ0v) is 24.2. The number of esters is 1. The van der Waals surface area contributed by atoms with E-state index in [1.807, 2.05) is 66.7 Å². The quantitative estimate of drug-likeness (QED) is 0.347. The minimum Gasteiger partial charge on any atom is -0.493 e. The van der Waals surface area contributed by atoms with Gasteiger partial charge >= 0.3 is 12.1 Å². The maximum absolute atomic E-state index is 13.9. The molecular weight excluding hydrogens is 522 g/mol. The highest BCUT2D eigenvalue weighted by atomic mass is 16.6. The van der Waals surface area contributed by atoms with Crippen LogP contribution >= 0.6 is 0 Å². The van der Waals surface area contributed by atoms with Gasteiger partial charge in [0, 0.05) is 19.9 Å². The fourth-order valence-electron chi connectivity index (χ4n) is 4.65. The molecule has 5 rings (SSSR count). The fraction of sp³-hybridized carbons (Fsp3) is 0.364. The van der Waals surface area contributed by atoms with Gasteiger partial charge in [-0.2, -0.15) is 0 Å². The van der Waals surface area contributed by atoms with Gasteiger partial charge in [0.05, 0.1) is 19.1 Å². The van der Waals surface area contributed by atoms with Gasteiger partial charge in [-0.3, -0.25) is 9.59 Å². The van der Waals surface area contributed by atoms with E-state index in [0.29, 0.717) is 17.2 Å². The Morgan fingerprint density at radius 3 is 2.27 bits per heavy atom. The van der Waals surface area contributed by atoms with Gasteiger partial charge in [0.15, 0.2) is 17.3 Å². The first-order valence-electron chi connectivity index (χ1n) is 13.6. The third kappa shape index (κ3) is 8.10. The van der Waals surface area contributed by atoms with Crippen LogP contribution in [0.25, 0.3) is 0 Å². The molecule has 0 fully saturated rings. The van der Waals surface area contributed by atoms with Crippen molar-refractivity contribution in [1.82, 2.24) is 4.90 Å². The van der Waals surface area contributed by atoms with Gasteiger partial charge in [0.2, 0.25) is 0 Å². The Kier molecular flexibility index (Phi) is 9.32. The number of methoxy groups -OCH3 is 1. The van der Waals surface area contributed by atoms with Gasteiger partial charge in [-0.05, 0) is 68.1 Å². The molecule has 216 valence electrons. The van der Waals surface area contributed by atoms with Crippen LogP contribution in [0.15, 0.2) is 72.8 Å². The zero-order valence-electron chi connectivity index (χ0n) is 24.2. The average Bonchev–Trinajstić information content (AvgIpc) is 2.94. The molecule has 1 amide bonds. The molecule has 0 N–H and O–H groups in total. The van der Waals surface area contributed by atoms with Crippen molar-refractivity contribution in [2.45, 2.75) is 58.3 Å². The second-order valence-corrected chi connectivity index (χ2v) is 11.2. The highest BCUT2D eigenvalue weighted by Crippen LogP contribution is 2.34. The fourth-order valence-corrected chi connectivity index (χ4v) is 4.65. The molecular formula is C33H37NO7. The van der Waals surface area contributed by atoms with Crippen LogP contribution in [0.2, 0.25) is 0 Å². The van der Waals surface area contributed by atoms with Crippen LogP contribution in [0.5, 0.6) is 17.2 Å². The lowest BCUT2D eigenvalue weighted by Crippen LogP contribution is -2.46. The van der Waals surface area contributed by atoms with Gasteiger partial charge in [-0.25, -0.2) is 4.79 Å². The summed E-state index contributed by atoms with van der Waals surface area (Å²) in [5.41, 5.74) is 1.72. The average molecular weight is 560 g/mol. The number of carbonyl (C=O) groups is 3. The van der Waals surface area contributed by atoms with Crippen LogP contribution in [-0.4, -0.2) is 48.5 Å². The summed E-state index contributed by atoms with van der Waals surface area (Å²) in [6, 6.07) is 21.3. The van der Waals surface area contributed by atoms with E-state index in [2.05, 4.69) is 0 Å². The maximum atomic E-state index is 13.9. The number of amides is 1. The lowest BCUT2D eigenvalue weighted by molar-refractivity contribution is -0.151. The van der Waals surface area contributed by atoms with Crippen molar-refractivity contribution in [3.8, 4) is 17.2 Å². The number of Topliss-reactive ketones (excluding diaryl/α,β-unsaturated/α-hetero) is 1. The van der Waals surface area contributed by atoms with Gasteiger partial charge in [-0.15, -0.1) is 0 Å². The third-order valence-corrected chi connectivity index (χ3v) is 6.82. The van der Waals surface area contributed by atoms with E-state index in [1.54, 1.807) is 41.0 Å². The summed E-state index contributed by atoms with van der Waals surface area (Å²) in [6.07, 6.45) is -0.249. The maximum Gasteiger partial charge on any atom is 0.410 e. The molecule has 0 saturated heterocycles. The standard InChI is InChI=1S/C33H37NO7/c1-33(2,3)41-32(37)34(4)27-18-22-11-14-26(15-12-22)40-30-19-24(13-16-29(30)38-5)17-25(20-28(27)35)31(36)39-21-23-9-7-6-8-10-23/h6-16,19,25,27H,17-18,20-21H2,1-5H3/t25-,27+/m1/s1. The zero-order chi connectivity index (χ0) is 29.6. The van der Waals surface area contributed by atoms with E-state index in [4.69, 9.17) is 18.9 Å². The smallest absolute Gasteiger partial charge is 0.410 e. The van der Waals surface area contributed by atoms with Crippen molar-refractivity contribution >= 4 is 17.8 Å². The predicted octanol–water partition coefficient (Wildman–Crippen LogP) is 6.14. The summed E-state index contributed by atoms with van der Waals surface area (Å²) in [5.74, 6) is 0.0957. The second-order valence-electron chi connectivity index (χ2n) is 11.2. The number of nitrogens with zero attached hydrogens (tertiary/aromatic N) is 1. The van der Waals surface area contributed by atoms with Gasteiger partial charge in [-0.1, -0.05) is 48.5 Å². The molecule has 2 aliphatic heterocycles. The van der Waals surface area contributed by atoms with Gasteiger partial charge in [0.1, 0.15) is 18.0 Å². The van der Waals surface area contributed by atoms with E-state index in [9.17, 15) is 14.4 Å². The van der Waals surface area contributed by atoms with Crippen LogP contribution in [-0.2, 0) is 38.5 Å². The summed E-state index contributed by atoms with van der Waals surface area (Å²) in [4.78, 5) is 41.7. The third-order valence-electron chi connectivity index (χ3n) is 6.82. The minimum atomic E-state index is -0.851. The van der Waals surface area contributed by atoms with Crippen molar-refractivity contribution in [1.29, 1.82) is 0 Å². The Labute approximate surface area is 241 Å². The lowest BCUT2D eigenvalue weighted by atomic mass is 9.89. The molecule has 2 atom stereocenters. The van der Waals surface area contributed by atoms with Crippen LogP contribution in [0, 0.1) is 5.92 Å². The Hall–Kier alpha value is -4.33. The van der Waals surface area contributed by atoms with E-state index in [1.165, 1.54) is 4.90 Å². The van der Waals surface area contributed by atoms with E-state index < -0.39 is 29.6 Å². The van der Waals surface area contributed by atoms with Crippen LogP contribution in [0.4, 0.5) is 4.79 Å². The SMILES string of the molecule is COc1ccc2cc1Oc1ccc(cc1)C[C@H](N(C)C(=O)OC(C)(C)C)C(=O)C[C@H](C(=O)OCc1ccccc1)C2. The van der Waals surface area contributed by atoms with Gasteiger partial charge in [0.25, 0.3) is 0 Å². The molecule has 0 unspecified atom stereocenters. The highest BCUT2D eigenvalue weighted by Gasteiger charge is 2.34. The molecule has 3 aromatic carbocycles. The molecule has 2 heterocycles. The lowest BCUT2D eigenvalue weighted by Gasteiger charge is -2.31. The number of likely N-dealkylation sites (N-methyl/N-ethyl adjacent to an activating group) is 1. The number of carbonyl (C=O) groups excluding carboxylic acids is 3. The number of hydrogen-bond donors (Lipinski definition) is 0. The van der Waals surface area contributed by atoms with Crippen LogP contribution in [0.1, 0.15) is 43.9 Å². The largest absolute Gasteiger partial charge is 0.493 e. The number of ketones is 1. The first kappa shape index (κ1) is 29.6. The molecule has 3 aromatic rings. The summed E-state index contributed by atoms with van der Waals surface area (Å²) in [7, 11) is 3.11. The topological polar surface area (TPSA) is 91.4 Å². The van der Waals surface area contributed by atoms with E-state index in [0.717, 1.165) is 16.7 Å². The molecule has 0 spiro atoms. The second kappa shape index (κ2) is 12.9. The summed E-state index contributed by atoms with van der Waals surface area (Å²) >= 11 is 0. The minimum absolute atomic E-state index is 0.0917. The summed E-state index contributed by atoms with van der Waals surface area (Å²) < 4.78 is 22.9. The Balaban J connectivity index is 1.69. The van der Waals surface area contributed by atoms with Crippen molar-refractivity contribution in [2.75, 3.05) is 14.2 Å². The monoisotopic (exact) mass is 559 g/mol. The van der Waals surface area contributed by atoms with Crippen molar-refractivity contribution < 1.29 is 33.3 Å². The molecule has 0 aromatic heterocycles. The molecule has 0 radical (unpaired) electrons. The molecule has 0 aliphatic carbocycles. The first-order chi connectivity index (χ1) is 19.5. The molecule has 4 bridgehead atoms. The van der Waals surface area contributed by atoms with Crippen molar-refractivity contribution in [3.63, 3.8) is 0 Å². The van der Waals surface area contributed by atoms with Crippen molar-refractivity contribution in [2.24, 2.45) is 5.92 Å².